The molecule has 1 aliphatic rings. The predicted octanol–water partition coefficient (Wildman–Crippen LogP) is 3.75. The van der Waals surface area contributed by atoms with Crippen LogP contribution in [0, 0.1) is 0 Å². The van der Waals surface area contributed by atoms with E-state index in [2.05, 4.69) is 20.8 Å². The van der Waals surface area contributed by atoms with Gasteiger partial charge in [0.2, 0.25) is 0 Å². The van der Waals surface area contributed by atoms with Gasteiger partial charge >= 0.3 is 0 Å². The fourth-order valence-corrected chi connectivity index (χ4v) is 2.78. The molecule has 1 aromatic rings. The van der Waals surface area contributed by atoms with Crippen LogP contribution in [0.3, 0.4) is 0 Å². The third-order valence-electron chi connectivity index (χ3n) is 3.67. The molecule has 0 aromatic heterocycles. The van der Waals surface area contributed by atoms with Crippen LogP contribution in [-0.4, -0.2) is 29.6 Å². The number of benzene rings is 1. The van der Waals surface area contributed by atoms with Gasteiger partial charge in [-0.05, 0) is 50.0 Å². The van der Waals surface area contributed by atoms with Crippen molar-refractivity contribution in [1.29, 1.82) is 0 Å². The van der Waals surface area contributed by atoms with Gasteiger partial charge in [-0.15, -0.1) is 0 Å². The van der Waals surface area contributed by atoms with Crippen LogP contribution in [0.4, 0.5) is 0 Å². The summed E-state index contributed by atoms with van der Waals surface area (Å²) in [5, 5.41) is 10.2. The number of halogens is 1. The summed E-state index contributed by atoms with van der Waals surface area (Å²) in [6.45, 7) is 3.41. The molecule has 1 atom stereocenters. The molecule has 2 nitrogen and oxygen atoms in total. The van der Waals surface area contributed by atoms with E-state index in [1.165, 1.54) is 38.8 Å². The monoisotopic (exact) mass is 311 g/mol. The molecule has 1 saturated heterocycles. The van der Waals surface area contributed by atoms with Crippen molar-refractivity contribution in [2.24, 2.45) is 0 Å². The summed E-state index contributed by atoms with van der Waals surface area (Å²) < 4.78 is 1.06. The van der Waals surface area contributed by atoms with Crippen LogP contribution in [0.2, 0.25) is 0 Å². The van der Waals surface area contributed by atoms with E-state index in [-0.39, 0.29) is 6.10 Å². The summed E-state index contributed by atoms with van der Waals surface area (Å²) >= 11 is 3.41. The summed E-state index contributed by atoms with van der Waals surface area (Å²) in [5.41, 5.74) is 1.02. The standard InChI is InChI=1S/C15H22BrNO/c16-14-7-5-13(6-8-14)15(18)9-12-17-10-3-1-2-4-11-17/h5-8,15,18H,1-4,9-12H2. The Kier molecular flexibility index (Phi) is 5.67. The topological polar surface area (TPSA) is 23.5 Å². The first-order valence-electron chi connectivity index (χ1n) is 6.91. The molecule has 3 heteroatoms. The lowest BCUT2D eigenvalue weighted by Crippen LogP contribution is -2.26. The highest BCUT2D eigenvalue weighted by atomic mass is 79.9. The first kappa shape index (κ1) is 14.0. The van der Waals surface area contributed by atoms with Gasteiger partial charge in [0.1, 0.15) is 0 Å². The van der Waals surface area contributed by atoms with E-state index in [1.54, 1.807) is 0 Å². The zero-order chi connectivity index (χ0) is 12.8. The van der Waals surface area contributed by atoms with Crippen molar-refractivity contribution in [2.75, 3.05) is 19.6 Å². The zero-order valence-corrected chi connectivity index (χ0v) is 12.4. The second-order valence-corrected chi connectivity index (χ2v) is 6.03. The van der Waals surface area contributed by atoms with Crippen molar-refractivity contribution in [3.63, 3.8) is 0 Å². The minimum atomic E-state index is -0.332. The van der Waals surface area contributed by atoms with Gasteiger partial charge in [0.25, 0.3) is 0 Å². The molecule has 1 unspecified atom stereocenters. The lowest BCUT2D eigenvalue weighted by Gasteiger charge is -2.21. The van der Waals surface area contributed by atoms with E-state index in [1.807, 2.05) is 24.3 Å². The van der Waals surface area contributed by atoms with Gasteiger partial charge in [0.05, 0.1) is 6.10 Å². The quantitative estimate of drug-likeness (QED) is 0.915. The molecule has 0 radical (unpaired) electrons. The molecule has 100 valence electrons. The molecule has 1 aromatic carbocycles. The predicted molar refractivity (Wildman–Crippen MR) is 78.6 cm³/mol. The van der Waals surface area contributed by atoms with Crippen LogP contribution < -0.4 is 0 Å². The summed E-state index contributed by atoms with van der Waals surface area (Å²) in [4.78, 5) is 2.50. The van der Waals surface area contributed by atoms with Gasteiger partial charge in [-0.25, -0.2) is 0 Å². The summed E-state index contributed by atoms with van der Waals surface area (Å²) in [7, 11) is 0. The fourth-order valence-electron chi connectivity index (χ4n) is 2.52. The normalized spacial score (nSPS) is 19.4. The highest BCUT2D eigenvalue weighted by Gasteiger charge is 2.12. The summed E-state index contributed by atoms with van der Waals surface area (Å²) in [6, 6.07) is 7.98. The first-order chi connectivity index (χ1) is 8.75. The number of hydrogen-bond acceptors (Lipinski definition) is 2. The number of hydrogen-bond donors (Lipinski definition) is 1. The molecule has 1 N–H and O–H groups in total. The van der Waals surface area contributed by atoms with Crippen LogP contribution in [0.5, 0.6) is 0 Å². The number of rotatable bonds is 4. The average Bonchev–Trinajstić information content (AvgIpc) is 2.65. The Balaban J connectivity index is 1.80. The van der Waals surface area contributed by atoms with Crippen LogP contribution in [-0.2, 0) is 0 Å². The smallest absolute Gasteiger partial charge is 0.0802 e. The number of aliphatic hydroxyl groups excluding tert-OH is 1. The SMILES string of the molecule is OC(CCN1CCCCCC1)c1ccc(Br)cc1. The van der Waals surface area contributed by atoms with Gasteiger partial charge in [0, 0.05) is 11.0 Å². The van der Waals surface area contributed by atoms with Crippen molar-refractivity contribution in [1.82, 2.24) is 4.90 Å². The Labute approximate surface area is 118 Å². The Morgan fingerprint density at radius 1 is 1.06 bits per heavy atom. The molecule has 18 heavy (non-hydrogen) atoms. The molecule has 0 saturated carbocycles. The minimum absolute atomic E-state index is 0.332. The largest absolute Gasteiger partial charge is 0.388 e. The van der Waals surface area contributed by atoms with E-state index >= 15 is 0 Å². The maximum absolute atomic E-state index is 10.2. The van der Waals surface area contributed by atoms with E-state index < -0.39 is 0 Å². The molecule has 2 rings (SSSR count). The molecule has 1 fully saturated rings. The molecule has 1 aliphatic heterocycles. The molecule has 0 bridgehead atoms. The van der Waals surface area contributed by atoms with Crippen LogP contribution in [0.25, 0.3) is 0 Å². The zero-order valence-electron chi connectivity index (χ0n) is 10.8. The Hall–Kier alpha value is -0.380. The molecule has 0 spiro atoms. The maximum Gasteiger partial charge on any atom is 0.0802 e. The van der Waals surface area contributed by atoms with Crippen molar-refractivity contribution in [3.8, 4) is 0 Å². The third-order valence-corrected chi connectivity index (χ3v) is 4.20. The van der Waals surface area contributed by atoms with Gasteiger partial charge in [-0.1, -0.05) is 40.9 Å². The van der Waals surface area contributed by atoms with Gasteiger partial charge in [-0.2, -0.15) is 0 Å². The van der Waals surface area contributed by atoms with Crippen LogP contribution >= 0.6 is 15.9 Å². The van der Waals surface area contributed by atoms with E-state index in [4.69, 9.17) is 0 Å². The molecule has 0 amide bonds. The van der Waals surface area contributed by atoms with Gasteiger partial charge < -0.3 is 10.0 Å². The molecular formula is C15H22BrNO. The second kappa shape index (κ2) is 7.27. The van der Waals surface area contributed by atoms with E-state index in [0.29, 0.717) is 0 Å². The highest BCUT2D eigenvalue weighted by molar-refractivity contribution is 9.10. The van der Waals surface area contributed by atoms with Crippen molar-refractivity contribution < 1.29 is 5.11 Å². The Morgan fingerprint density at radius 3 is 2.28 bits per heavy atom. The van der Waals surface area contributed by atoms with Gasteiger partial charge in [0.15, 0.2) is 0 Å². The number of likely N-dealkylation sites (tertiary alicyclic amines) is 1. The second-order valence-electron chi connectivity index (χ2n) is 5.11. The number of nitrogens with zero attached hydrogens (tertiary/aromatic N) is 1. The lowest BCUT2D eigenvalue weighted by atomic mass is 10.1. The Bertz CT molecular complexity index is 344. The molecule has 1 heterocycles. The van der Waals surface area contributed by atoms with Crippen molar-refractivity contribution in [3.05, 3.63) is 34.3 Å². The molecule has 0 aliphatic carbocycles. The van der Waals surface area contributed by atoms with E-state index in [0.717, 1.165) is 23.0 Å². The molecular weight excluding hydrogens is 290 g/mol. The number of aliphatic hydroxyl groups is 1. The van der Waals surface area contributed by atoms with E-state index in [9.17, 15) is 5.11 Å². The van der Waals surface area contributed by atoms with Crippen molar-refractivity contribution in [2.45, 2.75) is 38.2 Å². The summed E-state index contributed by atoms with van der Waals surface area (Å²) in [5.74, 6) is 0. The maximum atomic E-state index is 10.2. The summed E-state index contributed by atoms with van der Waals surface area (Å²) in [6.07, 6.45) is 5.86. The van der Waals surface area contributed by atoms with Crippen LogP contribution in [0.1, 0.15) is 43.8 Å². The third kappa shape index (κ3) is 4.38. The minimum Gasteiger partial charge on any atom is -0.388 e. The highest BCUT2D eigenvalue weighted by Crippen LogP contribution is 2.20. The average molecular weight is 312 g/mol. The van der Waals surface area contributed by atoms with Crippen LogP contribution in [0.15, 0.2) is 28.7 Å². The Morgan fingerprint density at radius 2 is 1.67 bits per heavy atom. The fraction of sp³-hybridized carbons (Fsp3) is 0.600. The van der Waals surface area contributed by atoms with Crippen molar-refractivity contribution >= 4 is 15.9 Å². The van der Waals surface area contributed by atoms with Gasteiger partial charge in [-0.3, -0.25) is 0 Å². The lowest BCUT2D eigenvalue weighted by molar-refractivity contribution is 0.143. The first-order valence-corrected chi connectivity index (χ1v) is 7.71.